The van der Waals surface area contributed by atoms with E-state index in [4.69, 9.17) is 19.2 Å². The van der Waals surface area contributed by atoms with Gasteiger partial charge in [-0.25, -0.2) is 14.5 Å². The highest BCUT2D eigenvalue weighted by atomic mass is 16.6. The van der Waals surface area contributed by atoms with Crippen molar-refractivity contribution >= 4 is 12.1 Å². The Bertz CT molecular complexity index is 1130. The Balaban J connectivity index is 1.28. The second-order valence-electron chi connectivity index (χ2n) is 10.7. The Morgan fingerprint density at radius 3 is 2.59 bits per heavy atom. The van der Waals surface area contributed by atoms with Crippen LogP contribution in [0.5, 0.6) is 5.75 Å². The lowest BCUT2D eigenvalue weighted by molar-refractivity contribution is -0.147. The Hall–Kier alpha value is -3.17. The van der Waals surface area contributed by atoms with Gasteiger partial charge in [0.1, 0.15) is 23.7 Å². The van der Waals surface area contributed by atoms with Crippen molar-refractivity contribution in [3.8, 4) is 17.1 Å². The summed E-state index contributed by atoms with van der Waals surface area (Å²) in [4.78, 5) is 31.2. The first-order valence-corrected chi connectivity index (χ1v) is 13.4. The van der Waals surface area contributed by atoms with Gasteiger partial charge in [-0.05, 0) is 69.4 Å². The third-order valence-electron chi connectivity index (χ3n) is 7.89. The van der Waals surface area contributed by atoms with Gasteiger partial charge in [0.05, 0.1) is 30.5 Å². The molecule has 2 heterocycles. The first kappa shape index (κ1) is 25.5. The Labute approximate surface area is 217 Å². The fourth-order valence-corrected chi connectivity index (χ4v) is 5.27. The molecular formula is C27H37N5O5. The number of nitrogens with zero attached hydrogens (tertiary/aromatic N) is 5. The zero-order chi connectivity index (χ0) is 25.9. The van der Waals surface area contributed by atoms with E-state index in [1.54, 1.807) is 23.7 Å². The predicted molar refractivity (Wildman–Crippen MR) is 135 cm³/mol. The fourth-order valence-electron chi connectivity index (χ4n) is 5.27. The van der Waals surface area contributed by atoms with Gasteiger partial charge in [0, 0.05) is 26.6 Å². The third-order valence-corrected chi connectivity index (χ3v) is 7.89. The van der Waals surface area contributed by atoms with Gasteiger partial charge < -0.3 is 19.1 Å². The number of amides is 1. The van der Waals surface area contributed by atoms with Crippen molar-refractivity contribution in [3.63, 3.8) is 0 Å². The number of aromatic nitrogens is 4. The topological polar surface area (TPSA) is 109 Å². The molecule has 3 aliphatic rings. The zero-order valence-corrected chi connectivity index (χ0v) is 22.0. The maximum absolute atomic E-state index is 12.5. The molecule has 1 amide bonds. The summed E-state index contributed by atoms with van der Waals surface area (Å²) < 4.78 is 18.6. The zero-order valence-electron chi connectivity index (χ0n) is 22.0. The lowest BCUT2D eigenvalue weighted by Crippen LogP contribution is -2.34. The van der Waals surface area contributed by atoms with Gasteiger partial charge in [-0.15, -0.1) is 5.10 Å². The molecule has 0 unspecified atom stereocenters. The van der Waals surface area contributed by atoms with Gasteiger partial charge in [-0.3, -0.25) is 4.79 Å². The van der Waals surface area contributed by atoms with E-state index in [1.165, 1.54) is 26.4 Å². The number of methoxy groups -OCH3 is 1. The van der Waals surface area contributed by atoms with Gasteiger partial charge >= 0.3 is 12.1 Å². The first-order valence-electron chi connectivity index (χ1n) is 13.4. The van der Waals surface area contributed by atoms with E-state index < -0.39 is 0 Å². The largest absolute Gasteiger partial charge is 0.488 e. The van der Waals surface area contributed by atoms with Crippen LogP contribution in [0.3, 0.4) is 0 Å². The van der Waals surface area contributed by atoms with Gasteiger partial charge in [0.15, 0.2) is 0 Å². The molecule has 3 fully saturated rings. The summed E-state index contributed by atoms with van der Waals surface area (Å²) in [6, 6.07) is 3.84. The van der Waals surface area contributed by atoms with Crippen molar-refractivity contribution < 1.29 is 23.8 Å². The van der Waals surface area contributed by atoms with Crippen LogP contribution in [0.4, 0.5) is 4.79 Å². The summed E-state index contributed by atoms with van der Waals surface area (Å²) in [5.41, 5.74) is 2.91. The van der Waals surface area contributed by atoms with Crippen LogP contribution >= 0.6 is 0 Å². The molecule has 3 aliphatic carbocycles. The molecule has 37 heavy (non-hydrogen) atoms. The average molecular weight is 512 g/mol. The summed E-state index contributed by atoms with van der Waals surface area (Å²) in [6.45, 7) is 0.798. The summed E-state index contributed by atoms with van der Waals surface area (Å²) in [6.07, 6.45) is 8.71. The highest BCUT2D eigenvalue weighted by Crippen LogP contribution is 2.45. The quantitative estimate of drug-likeness (QED) is 0.460. The van der Waals surface area contributed by atoms with Crippen molar-refractivity contribution in [3.05, 3.63) is 23.5 Å². The van der Waals surface area contributed by atoms with E-state index in [-0.39, 0.29) is 30.7 Å². The summed E-state index contributed by atoms with van der Waals surface area (Å²) >= 11 is 0. The van der Waals surface area contributed by atoms with Crippen LogP contribution in [0.2, 0.25) is 0 Å². The molecule has 0 spiro atoms. The highest BCUT2D eigenvalue weighted by Gasteiger charge is 2.33. The van der Waals surface area contributed by atoms with Crippen LogP contribution in [0.25, 0.3) is 11.4 Å². The van der Waals surface area contributed by atoms with Crippen molar-refractivity contribution in [2.45, 2.75) is 76.4 Å². The summed E-state index contributed by atoms with van der Waals surface area (Å²) in [5.74, 6) is 1.44. The molecule has 2 aromatic heterocycles. The number of ether oxygens (including phenoxy) is 3. The van der Waals surface area contributed by atoms with Gasteiger partial charge in [-0.2, -0.15) is 0 Å². The molecule has 0 aliphatic heterocycles. The fraction of sp³-hybridized carbons (Fsp3) is 0.667. The van der Waals surface area contributed by atoms with Gasteiger partial charge in [0.2, 0.25) is 0 Å². The predicted octanol–water partition coefficient (Wildman–Crippen LogP) is 4.23. The molecule has 0 saturated heterocycles. The lowest BCUT2D eigenvalue weighted by Gasteiger charge is -2.29. The van der Waals surface area contributed by atoms with Gasteiger partial charge in [0.25, 0.3) is 0 Å². The van der Waals surface area contributed by atoms with E-state index in [0.29, 0.717) is 35.3 Å². The molecule has 3 saturated carbocycles. The monoisotopic (exact) mass is 511 g/mol. The molecule has 5 rings (SSSR count). The van der Waals surface area contributed by atoms with E-state index in [2.05, 4.69) is 10.3 Å². The Morgan fingerprint density at radius 1 is 1.11 bits per heavy atom. The van der Waals surface area contributed by atoms with Crippen LogP contribution in [-0.4, -0.2) is 63.7 Å². The molecule has 2 aromatic rings. The van der Waals surface area contributed by atoms with Crippen molar-refractivity contribution in [1.82, 2.24) is 24.9 Å². The minimum absolute atomic E-state index is 0.0357. The summed E-state index contributed by atoms with van der Waals surface area (Å²) in [5, 5.41) is 8.51. The van der Waals surface area contributed by atoms with Crippen LogP contribution < -0.4 is 4.74 Å². The Morgan fingerprint density at radius 2 is 1.89 bits per heavy atom. The first-order chi connectivity index (χ1) is 17.9. The number of hydrogen-bond acceptors (Lipinski definition) is 8. The molecular weight excluding hydrogens is 474 g/mol. The third kappa shape index (κ3) is 5.88. The highest BCUT2D eigenvalue weighted by molar-refractivity contribution is 5.72. The van der Waals surface area contributed by atoms with Crippen molar-refractivity contribution in [1.29, 1.82) is 0 Å². The van der Waals surface area contributed by atoms with E-state index in [0.717, 1.165) is 50.1 Å². The van der Waals surface area contributed by atoms with E-state index in [1.807, 2.05) is 12.1 Å². The standard InChI is InChI=1S/C27H37N5O5/c1-31(15-17-6-4-7-17)27(34)36-16-22-25(29-30-32(22)2)21-12-13-23(24(28-21)18-10-11-18)37-20-9-5-8-19(14-20)26(33)35-3/h12-13,17-20H,4-11,14-16H2,1-3H3/t19-,20-/m0/s1. The van der Waals surface area contributed by atoms with Crippen LogP contribution in [-0.2, 0) is 27.9 Å². The normalized spacial score (nSPS) is 21.7. The second kappa shape index (κ2) is 11.1. The number of rotatable bonds is 9. The molecule has 10 heteroatoms. The smallest absolute Gasteiger partial charge is 0.409 e. The number of hydrogen-bond donors (Lipinski definition) is 0. The number of aryl methyl sites for hydroxylation is 1. The number of pyridine rings is 1. The molecule has 200 valence electrons. The van der Waals surface area contributed by atoms with Crippen molar-refractivity contribution in [2.75, 3.05) is 20.7 Å². The van der Waals surface area contributed by atoms with Gasteiger partial charge in [-0.1, -0.05) is 11.6 Å². The molecule has 2 atom stereocenters. The Kier molecular flexibility index (Phi) is 7.62. The van der Waals surface area contributed by atoms with Crippen LogP contribution in [0.1, 0.15) is 75.1 Å². The second-order valence-corrected chi connectivity index (χ2v) is 10.7. The number of carbonyl (C=O) groups is 2. The molecule has 0 N–H and O–H groups in total. The number of esters is 1. The molecule has 0 radical (unpaired) electrons. The average Bonchev–Trinajstić information content (AvgIpc) is 3.67. The minimum atomic E-state index is -0.341. The molecule has 0 bridgehead atoms. The SMILES string of the molecule is COC(=O)[C@H]1CCC[C@H](Oc2ccc(-c3nnn(C)c3COC(=O)N(C)CC3CCC3)nc2C2CC2)C1. The van der Waals surface area contributed by atoms with Crippen molar-refractivity contribution in [2.24, 2.45) is 18.9 Å². The van der Waals surface area contributed by atoms with Crippen LogP contribution in [0, 0.1) is 11.8 Å². The van der Waals surface area contributed by atoms with E-state index in [9.17, 15) is 9.59 Å². The van der Waals surface area contributed by atoms with Crippen LogP contribution in [0.15, 0.2) is 12.1 Å². The molecule has 0 aromatic carbocycles. The van der Waals surface area contributed by atoms with E-state index >= 15 is 0 Å². The maximum atomic E-state index is 12.5. The maximum Gasteiger partial charge on any atom is 0.409 e. The molecule has 10 nitrogen and oxygen atoms in total. The minimum Gasteiger partial charge on any atom is -0.488 e. The summed E-state index contributed by atoms with van der Waals surface area (Å²) in [7, 11) is 5.01. The lowest BCUT2D eigenvalue weighted by atomic mass is 9.85. The number of carbonyl (C=O) groups excluding carboxylic acids is 2.